The van der Waals surface area contributed by atoms with E-state index in [4.69, 9.17) is 0 Å². The number of piperazine rings is 1. The van der Waals surface area contributed by atoms with E-state index in [-0.39, 0.29) is 11.9 Å². The summed E-state index contributed by atoms with van der Waals surface area (Å²) in [5, 5.41) is 3.31. The quantitative estimate of drug-likeness (QED) is 0.703. The van der Waals surface area contributed by atoms with Crippen LogP contribution in [0.25, 0.3) is 0 Å². The molecule has 4 heteroatoms. The number of hydrogen-bond donors (Lipinski definition) is 1. The summed E-state index contributed by atoms with van der Waals surface area (Å²) >= 11 is 0. The summed E-state index contributed by atoms with van der Waals surface area (Å²) in [5.74, 6) is 0.267. The van der Waals surface area contributed by atoms with Crippen molar-refractivity contribution >= 4 is 5.91 Å². The number of nitrogens with one attached hydrogen (secondary N) is 1. The van der Waals surface area contributed by atoms with Gasteiger partial charge in [0, 0.05) is 39.8 Å². The average Bonchev–Trinajstić information content (AvgIpc) is 2.38. The number of nitrogens with zero attached hydrogens (tertiary/aromatic N) is 2. The average molecular weight is 241 g/mol. The summed E-state index contributed by atoms with van der Waals surface area (Å²) in [4.78, 5) is 16.4. The van der Waals surface area contributed by atoms with Gasteiger partial charge in [0.2, 0.25) is 5.91 Å². The van der Waals surface area contributed by atoms with Gasteiger partial charge in [-0.05, 0) is 13.3 Å². The summed E-state index contributed by atoms with van der Waals surface area (Å²) in [6.45, 7) is 9.07. The number of amides is 1. The molecule has 0 aromatic heterocycles. The van der Waals surface area contributed by atoms with Gasteiger partial charge in [-0.1, -0.05) is 19.8 Å². The Bertz CT molecular complexity index is 227. The van der Waals surface area contributed by atoms with Crippen LogP contribution in [0, 0.1) is 0 Å². The second-order valence-electron chi connectivity index (χ2n) is 4.93. The maximum Gasteiger partial charge on any atom is 0.239 e. The van der Waals surface area contributed by atoms with Crippen molar-refractivity contribution < 1.29 is 4.79 Å². The largest absolute Gasteiger partial charge is 0.344 e. The zero-order valence-corrected chi connectivity index (χ0v) is 11.5. The molecule has 1 N–H and O–H groups in total. The summed E-state index contributed by atoms with van der Waals surface area (Å²) in [7, 11) is 1.93. The first-order valence-corrected chi connectivity index (χ1v) is 6.86. The molecule has 1 saturated heterocycles. The molecule has 0 aromatic carbocycles. The van der Waals surface area contributed by atoms with E-state index in [1.165, 1.54) is 12.8 Å². The first-order chi connectivity index (χ1) is 8.16. The Morgan fingerprint density at radius 3 is 2.59 bits per heavy atom. The van der Waals surface area contributed by atoms with Crippen LogP contribution in [0.3, 0.4) is 0 Å². The lowest BCUT2D eigenvalue weighted by molar-refractivity contribution is -0.135. The lowest BCUT2D eigenvalue weighted by atomic mass is 10.2. The summed E-state index contributed by atoms with van der Waals surface area (Å²) in [6, 6.07) is 0.0312. The highest BCUT2D eigenvalue weighted by molar-refractivity contribution is 5.81. The van der Waals surface area contributed by atoms with E-state index in [1.54, 1.807) is 0 Å². The van der Waals surface area contributed by atoms with Crippen LogP contribution in [-0.2, 0) is 4.79 Å². The van der Waals surface area contributed by atoms with Gasteiger partial charge >= 0.3 is 0 Å². The fraction of sp³-hybridized carbons (Fsp3) is 0.923. The molecular formula is C13H27N3O. The van der Waals surface area contributed by atoms with Gasteiger partial charge in [0.15, 0.2) is 0 Å². The SMILES string of the molecule is CCCCCN(C)C(=O)C(C)N1CCNCC1. The summed E-state index contributed by atoms with van der Waals surface area (Å²) in [6.07, 6.45) is 3.53. The smallest absolute Gasteiger partial charge is 0.239 e. The van der Waals surface area contributed by atoms with Crippen molar-refractivity contribution in [1.82, 2.24) is 15.1 Å². The normalized spacial score (nSPS) is 19.0. The minimum absolute atomic E-state index is 0.0312. The van der Waals surface area contributed by atoms with Crippen molar-refractivity contribution in [2.75, 3.05) is 39.8 Å². The Morgan fingerprint density at radius 2 is 2.00 bits per heavy atom. The van der Waals surface area contributed by atoms with Crippen LogP contribution in [0.5, 0.6) is 0 Å². The second kappa shape index (κ2) is 7.67. The molecule has 1 aliphatic rings. The van der Waals surface area contributed by atoms with Crippen LogP contribution in [0.2, 0.25) is 0 Å². The number of hydrogen-bond acceptors (Lipinski definition) is 3. The van der Waals surface area contributed by atoms with Gasteiger partial charge in [0.05, 0.1) is 6.04 Å². The molecule has 0 saturated carbocycles. The number of rotatable bonds is 6. The molecule has 1 unspecified atom stereocenters. The van der Waals surface area contributed by atoms with E-state index in [2.05, 4.69) is 17.1 Å². The topological polar surface area (TPSA) is 35.6 Å². The highest BCUT2D eigenvalue weighted by Gasteiger charge is 2.24. The van der Waals surface area contributed by atoms with Crippen LogP contribution >= 0.6 is 0 Å². The van der Waals surface area contributed by atoms with Crippen LogP contribution in [0.1, 0.15) is 33.1 Å². The second-order valence-corrected chi connectivity index (χ2v) is 4.93. The van der Waals surface area contributed by atoms with Crippen molar-refractivity contribution in [2.24, 2.45) is 0 Å². The molecule has 1 atom stereocenters. The van der Waals surface area contributed by atoms with E-state index in [0.717, 1.165) is 39.1 Å². The zero-order valence-electron chi connectivity index (χ0n) is 11.5. The van der Waals surface area contributed by atoms with Gasteiger partial charge in [0.1, 0.15) is 0 Å². The first-order valence-electron chi connectivity index (χ1n) is 6.86. The Hall–Kier alpha value is -0.610. The first kappa shape index (κ1) is 14.5. The van der Waals surface area contributed by atoms with Crippen LogP contribution in [-0.4, -0.2) is 61.5 Å². The number of likely N-dealkylation sites (N-methyl/N-ethyl adjacent to an activating group) is 1. The van der Waals surface area contributed by atoms with E-state index >= 15 is 0 Å². The van der Waals surface area contributed by atoms with Gasteiger partial charge < -0.3 is 10.2 Å². The molecule has 1 amide bonds. The molecule has 1 aliphatic heterocycles. The third kappa shape index (κ3) is 4.64. The highest BCUT2D eigenvalue weighted by atomic mass is 16.2. The number of carbonyl (C=O) groups excluding carboxylic acids is 1. The molecular weight excluding hydrogens is 214 g/mol. The molecule has 0 radical (unpaired) electrons. The number of unbranched alkanes of at least 4 members (excludes halogenated alkanes) is 2. The predicted molar refractivity (Wildman–Crippen MR) is 71.1 cm³/mol. The van der Waals surface area contributed by atoms with Crippen molar-refractivity contribution in [3.8, 4) is 0 Å². The molecule has 1 fully saturated rings. The lowest BCUT2D eigenvalue weighted by Gasteiger charge is -2.34. The maximum absolute atomic E-state index is 12.2. The zero-order chi connectivity index (χ0) is 12.7. The van der Waals surface area contributed by atoms with Gasteiger partial charge in [-0.15, -0.1) is 0 Å². The van der Waals surface area contributed by atoms with Crippen molar-refractivity contribution in [1.29, 1.82) is 0 Å². The molecule has 17 heavy (non-hydrogen) atoms. The van der Waals surface area contributed by atoms with E-state index < -0.39 is 0 Å². The Balaban J connectivity index is 2.33. The molecule has 0 bridgehead atoms. The lowest BCUT2D eigenvalue weighted by Crippen LogP contribution is -2.53. The summed E-state index contributed by atoms with van der Waals surface area (Å²) < 4.78 is 0. The fourth-order valence-electron chi connectivity index (χ4n) is 2.25. The fourth-order valence-corrected chi connectivity index (χ4v) is 2.25. The van der Waals surface area contributed by atoms with Gasteiger partial charge in [-0.3, -0.25) is 9.69 Å². The standard InChI is InChI=1S/C13H27N3O/c1-4-5-6-9-15(3)13(17)12(2)16-10-7-14-8-11-16/h12,14H,4-11H2,1-3H3. The van der Waals surface area contributed by atoms with Crippen LogP contribution < -0.4 is 5.32 Å². The molecule has 0 spiro atoms. The summed E-state index contributed by atoms with van der Waals surface area (Å²) in [5.41, 5.74) is 0. The van der Waals surface area contributed by atoms with Gasteiger partial charge in [0.25, 0.3) is 0 Å². The van der Waals surface area contributed by atoms with E-state index in [1.807, 2.05) is 18.9 Å². The van der Waals surface area contributed by atoms with E-state index in [9.17, 15) is 4.79 Å². The molecule has 4 nitrogen and oxygen atoms in total. The van der Waals surface area contributed by atoms with Crippen LogP contribution in [0.4, 0.5) is 0 Å². The molecule has 1 rings (SSSR count). The molecule has 1 heterocycles. The Morgan fingerprint density at radius 1 is 1.35 bits per heavy atom. The highest BCUT2D eigenvalue weighted by Crippen LogP contribution is 2.06. The molecule has 0 aromatic rings. The van der Waals surface area contributed by atoms with Gasteiger partial charge in [-0.25, -0.2) is 0 Å². The van der Waals surface area contributed by atoms with Crippen molar-refractivity contribution in [3.63, 3.8) is 0 Å². The minimum atomic E-state index is 0.0312. The third-order valence-electron chi connectivity index (χ3n) is 3.53. The van der Waals surface area contributed by atoms with E-state index in [0.29, 0.717) is 0 Å². The number of carbonyl (C=O) groups is 1. The Kier molecular flexibility index (Phi) is 6.52. The predicted octanol–water partition coefficient (Wildman–Crippen LogP) is 0.929. The van der Waals surface area contributed by atoms with Gasteiger partial charge in [-0.2, -0.15) is 0 Å². The Labute approximate surface area is 105 Å². The van der Waals surface area contributed by atoms with Crippen molar-refractivity contribution in [3.05, 3.63) is 0 Å². The third-order valence-corrected chi connectivity index (χ3v) is 3.53. The van der Waals surface area contributed by atoms with Crippen molar-refractivity contribution in [2.45, 2.75) is 39.2 Å². The van der Waals surface area contributed by atoms with Crippen LogP contribution in [0.15, 0.2) is 0 Å². The molecule has 0 aliphatic carbocycles. The maximum atomic E-state index is 12.2. The minimum Gasteiger partial charge on any atom is -0.344 e. The molecule has 100 valence electrons. The monoisotopic (exact) mass is 241 g/mol.